The number of amides is 1. The summed E-state index contributed by atoms with van der Waals surface area (Å²) in [5, 5.41) is 8.81. The average Bonchev–Trinajstić information content (AvgIpc) is 2.52. The highest BCUT2D eigenvalue weighted by atomic mass is 16.4. The number of nitrogens with zero attached hydrogens (tertiary/aromatic N) is 2. The molecule has 1 amide bonds. The Hall–Kier alpha value is -1.91. The van der Waals surface area contributed by atoms with E-state index in [4.69, 9.17) is 5.11 Å². The molecule has 5 nitrogen and oxygen atoms in total. The third-order valence-electron chi connectivity index (χ3n) is 3.96. The molecule has 1 aromatic heterocycles. The number of carbonyl (C=O) groups is 2. The smallest absolute Gasteiger partial charge is 0.303 e. The summed E-state index contributed by atoms with van der Waals surface area (Å²) in [5.74, 6) is -0.669. The number of carboxylic acid groups (broad SMARTS) is 1. The molecule has 0 bridgehead atoms. The van der Waals surface area contributed by atoms with Gasteiger partial charge in [0, 0.05) is 37.3 Å². The van der Waals surface area contributed by atoms with Crippen LogP contribution in [0, 0.1) is 0 Å². The molecule has 1 atom stereocenters. The number of hydrogen-bond acceptors (Lipinski definition) is 3. The summed E-state index contributed by atoms with van der Waals surface area (Å²) in [6.45, 7) is 0.755. The van der Waals surface area contributed by atoms with Gasteiger partial charge in [-0.05, 0) is 44.2 Å². The minimum Gasteiger partial charge on any atom is -0.481 e. The standard InChI is InChI=1S/C16H22N2O3/c19-15(9-7-13-5-1-3-11-17-13)18-12-4-2-6-14(18)8-10-16(20)21/h1,3,5,11,14H,2,4,6-10,12H2,(H,20,21). The van der Waals surface area contributed by atoms with E-state index in [0.29, 0.717) is 19.3 Å². The van der Waals surface area contributed by atoms with Crippen LogP contribution in [0.5, 0.6) is 0 Å². The molecule has 2 rings (SSSR count). The Morgan fingerprint density at radius 2 is 2.14 bits per heavy atom. The molecule has 1 unspecified atom stereocenters. The Labute approximate surface area is 125 Å². The summed E-state index contributed by atoms with van der Waals surface area (Å²) in [6, 6.07) is 5.79. The molecule has 0 radical (unpaired) electrons. The van der Waals surface area contributed by atoms with Gasteiger partial charge in [-0.3, -0.25) is 14.6 Å². The van der Waals surface area contributed by atoms with Gasteiger partial charge < -0.3 is 10.0 Å². The molecule has 0 saturated carbocycles. The van der Waals surface area contributed by atoms with Gasteiger partial charge in [0.1, 0.15) is 0 Å². The van der Waals surface area contributed by atoms with E-state index in [0.717, 1.165) is 31.5 Å². The van der Waals surface area contributed by atoms with E-state index in [-0.39, 0.29) is 18.4 Å². The number of aliphatic carboxylic acids is 1. The SMILES string of the molecule is O=C(O)CCC1CCCCN1C(=O)CCc1ccccn1. The number of carbonyl (C=O) groups excluding carboxylic acids is 1. The number of rotatable bonds is 6. The van der Waals surface area contributed by atoms with Crippen molar-refractivity contribution in [1.82, 2.24) is 9.88 Å². The topological polar surface area (TPSA) is 70.5 Å². The second-order valence-electron chi connectivity index (χ2n) is 5.49. The van der Waals surface area contributed by atoms with Gasteiger partial charge in [0.25, 0.3) is 0 Å². The predicted octanol–water partition coefficient (Wildman–Crippen LogP) is 2.26. The van der Waals surface area contributed by atoms with E-state index in [9.17, 15) is 9.59 Å². The summed E-state index contributed by atoms with van der Waals surface area (Å²) in [6.07, 6.45) is 6.52. The van der Waals surface area contributed by atoms with E-state index >= 15 is 0 Å². The number of hydrogen-bond donors (Lipinski definition) is 1. The first-order valence-electron chi connectivity index (χ1n) is 7.58. The van der Waals surface area contributed by atoms with Crippen LogP contribution in [0.25, 0.3) is 0 Å². The van der Waals surface area contributed by atoms with Crippen molar-refractivity contribution in [3.8, 4) is 0 Å². The van der Waals surface area contributed by atoms with Crippen LogP contribution in [0.1, 0.15) is 44.2 Å². The Bertz CT molecular complexity index is 476. The van der Waals surface area contributed by atoms with Gasteiger partial charge in [-0.2, -0.15) is 0 Å². The monoisotopic (exact) mass is 290 g/mol. The van der Waals surface area contributed by atoms with Crippen molar-refractivity contribution in [2.45, 2.75) is 51.0 Å². The predicted molar refractivity (Wildman–Crippen MR) is 78.8 cm³/mol. The fourth-order valence-electron chi connectivity index (χ4n) is 2.84. The van der Waals surface area contributed by atoms with E-state index in [1.165, 1.54) is 0 Å². The average molecular weight is 290 g/mol. The molecule has 114 valence electrons. The van der Waals surface area contributed by atoms with Crippen molar-refractivity contribution in [3.05, 3.63) is 30.1 Å². The Morgan fingerprint density at radius 1 is 1.29 bits per heavy atom. The summed E-state index contributed by atoms with van der Waals surface area (Å²) in [5.41, 5.74) is 0.921. The lowest BCUT2D eigenvalue weighted by Gasteiger charge is -2.35. The van der Waals surface area contributed by atoms with Crippen molar-refractivity contribution >= 4 is 11.9 Å². The Balaban J connectivity index is 1.87. The maximum atomic E-state index is 12.4. The third kappa shape index (κ3) is 4.85. The van der Waals surface area contributed by atoms with Crippen molar-refractivity contribution in [2.24, 2.45) is 0 Å². The second-order valence-corrected chi connectivity index (χ2v) is 5.49. The molecule has 1 aliphatic heterocycles. The highest BCUT2D eigenvalue weighted by Gasteiger charge is 2.26. The van der Waals surface area contributed by atoms with Gasteiger partial charge in [0.15, 0.2) is 0 Å². The third-order valence-corrected chi connectivity index (χ3v) is 3.96. The first-order valence-corrected chi connectivity index (χ1v) is 7.58. The zero-order chi connectivity index (χ0) is 15.1. The molecule has 0 aliphatic carbocycles. The number of pyridine rings is 1. The van der Waals surface area contributed by atoms with Crippen LogP contribution >= 0.6 is 0 Å². The van der Waals surface area contributed by atoms with Gasteiger partial charge in [0.2, 0.25) is 5.91 Å². The van der Waals surface area contributed by atoms with Crippen LogP contribution in [0.2, 0.25) is 0 Å². The van der Waals surface area contributed by atoms with Gasteiger partial charge in [-0.25, -0.2) is 0 Å². The van der Waals surface area contributed by atoms with Crippen molar-refractivity contribution in [1.29, 1.82) is 0 Å². The van der Waals surface area contributed by atoms with Crippen LogP contribution in [-0.2, 0) is 16.0 Å². The molecule has 1 saturated heterocycles. The van der Waals surface area contributed by atoms with Crippen molar-refractivity contribution in [2.75, 3.05) is 6.54 Å². The zero-order valence-electron chi connectivity index (χ0n) is 12.2. The lowest BCUT2D eigenvalue weighted by molar-refractivity contribution is -0.140. The van der Waals surface area contributed by atoms with Crippen LogP contribution in [-0.4, -0.2) is 39.5 Å². The molecule has 1 aromatic rings. The van der Waals surface area contributed by atoms with Crippen LogP contribution in [0.3, 0.4) is 0 Å². The van der Waals surface area contributed by atoms with Gasteiger partial charge in [-0.15, -0.1) is 0 Å². The van der Waals surface area contributed by atoms with Crippen molar-refractivity contribution < 1.29 is 14.7 Å². The maximum Gasteiger partial charge on any atom is 0.303 e. The van der Waals surface area contributed by atoms with E-state index < -0.39 is 5.97 Å². The number of likely N-dealkylation sites (tertiary alicyclic amines) is 1. The summed E-state index contributed by atoms with van der Waals surface area (Å²) < 4.78 is 0. The molecule has 1 fully saturated rings. The lowest BCUT2D eigenvalue weighted by Crippen LogP contribution is -2.44. The summed E-state index contributed by atoms with van der Waals surface area (Å²) in [4.78, 5) is 29.2. The maximum absolute atomic E-state index is 12.4. The van der Waals surface area contributed by atoms with Crippen LogP contribution < -0.4 is 0 Å². The quantitative estimate of drug-likeness (QED) is 0.872. The molecule has 0 spiro atoms. The molecule has 5 heteroatoms. The van der Waals surface area contributed by atoms with Gasteiger partial charge in [-0.1, -0.05) is 6.07 Å². The lowest BCUT2D eigenvalue weighted by atomic mass is 9.97. The fraction of sp³-hybridized carbons (Fsp3) is 0.562. The van der Waals surface area contributed by atoms with E-state index in [1.54, 1.807) is 6.20 Å². The summed E-state index contributed by atoms with van der Waals surface area (Å²) >= 11 is 0. The molecule has 0 aromatic carbocycles. The number of piperidine rings is 1. The first-order chi connectivity index (χ1) is 10.2. The first kappa shape index (κ1) is 15.5. The molecule has 1 aliphatic rings. The van der Waals surface area contributed by atoms with Gasteiger partial charge in [0.05, 0.1) is 0 Å². The highest BCUT2D eigenvalue weighted by Crippen LogP contribution is 2.22. The fourth-order valence-corrected chi connectivity index (χ4v) is 2.84. The zero-order valence-corrected chi connectivity index (χ0v) is 12.2. The Kier molecular flexibility index (Phi) is 5.72. The minimum absolute atomic E-state index is 0.0890. The highest BCUT2D eigenvalue weighted by molar-refractivity contribution is 5.77. The van der Waals surface area contributed by atoms with E-state index in [1.807, 2.05) is 23.1 Å². The number of aryl methyl sites for hydroxylation is 1. The normalized spacial score (nSPS) is 18.5. The van der Waals surface area contributed by atoms with Crippen LogP contribution in [0.15, 0.2) is 24.4 Å². The number of aromatic nitrogens is 1. The van der Waals surface area contributed by atoms with Crippen LogP contribution in [0.4, 0.5) is 0 Å². The molecule has 2 heterocycles. The van der Waals surface area contributed by atoms with Gasteiger partial charge >= 0.3 is 5.97 Å². The Morgan fingerprint density at radius 3 is 2.86 bits per heavy atom. The van der Waals surface area contributed by atoms with Crippen molar-refractivity contribution in [3.63, 3.8) is 0 Å². The molecular weight excluding hydrogens is 268 g/mol. The molecular formula is C16H22N2O3. The molecule has 21 heavy (non-hydrogen) atoms. The summed E-state index contributed by atoms with van der Waals surface area (Å²) in [7, 11) is 0. The second kappa shape index (κ2) is 7.76. The molecule has 1 N–H and O–H groups in total. The number of carboxylic acids is 1. The minimum atomic E-state index is -0.790. The van der Waals surface area contributed by atoms with E-state index in [2.05, 4.69) is 4.98 Å². The largest absolute Gasteiger partial charge is 0.481 e.